The zero-order valence-electron chi connectivity index (χ0n) is 14.9. The van der Waals surface area contributed by atoms with Crippen molar-refractivity contribution in [1.82, 2.24) is 9.80 Å². The van der Waals surface area contributed by atoms with Gasteiger partial charge in [0.2, 0.25) is 0 Å². The minimum atomic E-state index is 0.160. The zero-order chi connectivity index (χ0) is 16.7. The summed E-state index contributed by atoms with van der Waals surface area (Å²) in [5.41, 5.74) is 1.48. The van der Waals surface area contributed by atoms with E-state index < -0.39 is 0 Å². The van der Waals surface area contributed by atoms with Crippen LogP contribution in [-0.2, 0) is 5.41 Å². The first kappa shape index (κ1) is 18.2. The van der Waals surface area contributed by atoms with E-state index in [1.165, 1.54) is 5.56 Å². The van der Waals surface area contributed by atoms with Crippen molar-refractivity contribution in [1.29, 1.82) is 0 Å². The molecule has 1 aromatic rings. The van der Waals surface area contributed by atoms with Gasteiger partial charge in [0.25, 0.3) is 0 Å². The van der Waals surface area contributed by atoms with Crippen molar-refractivity contribution in [2.75, 3.05) is 52.5 Å². The number of piperazine rings is 1. The van der Waals surface area contributed by atoms with Crippen LogP contribution in [0, 0.1) is 0 Å². The predicted molar refractivity (Wildman–Crippen MR) is 95.2 cm³/mol. The van der Waals surface area contributed by atoms with Gasteiger partial charge in [0.05, 0.1) is 13.2 Å². The minimum absolute atomic E-state index is 0.160. The van der Waals surface area contributed by atoms with Crippen LogP contribution in [0.5, 0.6) is 5.75 Å². The molecule has 0 saturated carbocycles. The van der Waals surface area contributed by atoms with Crippen LogP contribution in [0.1, 0.15) is 32.8 Å². The second kappa shape index (κ2) is 8.67. The van der Waals surface area contributed by atoms with Gasteiger partial charge in [0.1, 0.15) is 5.75 Å². The van der Waals surface area contributed by atoms with Gasteiger partial charge in [-0.05, 0) is 29.5 Å². The molecule has 0 amide bonds. The molecule has 0 unspecified atom stereocenters. The molecule has 0 spiro atoms. The molecule has 1 aliphatic rings. The predicted octanol–water partition coefficient (Wildman–Crippen LogP) is 2.36. The Labute approximate surface area is 141 Å². The third-order valence-corrected chi connectivity index (χ3v) is 4.47. The molecular weight excluding hydrogens is 288 g/mol. The Bertz CT molecular complexity index is 463. The van der Waals surface area contributed by atoms with Crippen molar-refractivity contribution >= 4 is 0 Å². The maximum Gasteiger partial charge on any atom is 0.119 e. The Morgan fingerprint density at radius 1 is 1.04 bits per heavy atom. The van der Waals surface area contributed by atoms with Crippen LogP contribution in [0.2, 0.25) is 0 Å². The summed E-state index contributed by atoms with van der Waals surface area (Å²) in [6.07, 6.45) is 1.06. The van der Waals surface area contributed by atoms with Gasteiger partial charge in [0, 0.05) is 39.3 Å². The first-order valence-electron chi connectivity index (χ1n) is 8.78. The molecule has 2 rings (SSSR count). The smallest absolute Gasteiger partial charge is 0.119 e. The van der Waals surface area contributed by atoms with Crippen molar-refractivity contribution in [3.05, 3.63) is 29.8 Å². The highest BCUT2D eigenvalue weighted by Gasteiger charge is 2.16. The largest absolute Gasteiger partial charge is 0.494 e. The van der Waals surface area contributed by atoms with E-state index in [1.54, 1.807) is 0 Å². The standard InChI is InChI=1S/C19H32N2O2/c1-19(2,3)17-6-4-7-18(16-17)23-15-5-8-20-9-11-21(12-10-20)13-14-22/h4,6-7,16,22H,5,8-15H2,1-3H3. The number of nitrogens with zero attached hydrogens (tertiary/aromatic N) is 2. The van der Waals surface area contributed by atoms with Crippen molar-refractivity contribution in [2.24, 2.45) is 0 Å². The molecule has 1 heterocycles. The second-order valence-electron chi connectivity index (χ2n) is 7.39. The molecule has 1 aliphatic heterocycles. The third-order valence-electron chi connectivity index (χ3n) is 4.47. The van der Waals surface area contributed by atoms with Crippen LogP contribution in [-0.4, -0.2) is 67.4 Å². The number of aliphatic hydroxyl groups excluding tert-OH is 1. The number of hydrogen-bond acceptors (Lipinski definition) is 4. The summed E-state index contributed by atoms with van der Waals surface area (Å²) in [7, 11) is 0. The molecule has 0 atom stereocenters. The van der Waals surface area contributed by atoms with Gasteiger partial charge in [-0.2, -0.15) is 0 Å². The van der Waals surface area contributed by atoms with Gasteiger partial charge in [-0.1, -0.05) is 32.9 Å². The summed E-state index contributed by atoms with van der Waals surface area (Å²) >= 11 is 0. The van der Waals surface area contributed by atoms with Crippen LogP contribution >= 0.6 is 0 Å². The Balaban J connectivity index is 1.66. The third kappa shape index (κ3) is 6.13. The maximum absolute atomic E-state index is 8.96. The second-order valence-corrected chi connectivity index (χ2v) is 7.39. The number of ether oxygens (including phenoxy) is 1. The molecule has 4 nitrogen and oxygen atoms in total. The maximum atomic E-state index is 8.96. The van der Waals surface area contributed by atoms with E-state index in [2.05, 4.69) is 48.8 Å². The summed E-state index contributed by atoms with van der Waals surface area (Å²) < 4.78 is 5.92. The summed E-state index contributed by atoms with van der Waals surface area (Å²) in [6.45, 7) is 13.9. The van der Waals surface area contributed by atoms with Crippen LogP contribution in [0.4, 0.5) is 0 Å². The Hall–Kier alpha value is -1.10. The summed E-state index contributed by atoms with van der Waals surface area (Å²) in [4.78, 5) is 4.81. The lowest BCUT2D eigenvalue weighted by Crippen LogP contribution is -2.47. The molecule has 1 N–H and O–H groups in total. The minimum Gasteiger partial charge on any atom is -0.494 e. The average molecular weight is 320 g/mol. The molecule has 0 radical (unpaired) electrons. The van der Waals surface area contributed by atoms with Gasteiger partial charge in [-0.3, -0.25) is 4.90 Å². The monoisotopic (exact) mass is 320 g/mol. The highest BCUT2D eigenvalue weighted by atomic mass is 16.5. The number of aliphatic hydroxyl groups is 1. The number of rotatable bonds is 7. The van der Waals surface area contributed by atoms with E-state index in [-0.39, 0.29) is 12.0 Å². The highest BCUT2D eigenvalue weighted by Crippen LogP contribution is 2.25. The highest BCUT2D eigenvalue weighted by molar-refractivity contribution is 5.32. The van der Waals surface area contributed by atoms with E-state index in [0.29, 0.717) is 0 Å². The summed E-state index contributed by atoms with van der Waals surface area (Å²) in [6, 6.07) is 8.45. The molecule has 1 aromatic carbocycles. The van der Waals surface area contributed by atoms with Gasteiger partial charge in [-0.15, -0.1) is 0 Å². The van der Waals surface area contributed by atoms with E-state index in [0.717, 1.165) is 58.0 Å². The van der Waals surface area contributed by atoms with Crippen LogP contribution in [0.25, 0.3) is 0 Å². The average Bonchev–Trinajstić information content (AvgIpc) is 2.53. The number of β-amino-alcohol motifs (C(OH)–C–C–N with tert-alkyl or cyclic N) is 1. The molecule has 23 heavy (non-hydrogen) atoms. The van der Waals surface area contributed by atoms with Crippen molar-refractivity contribution in [3.63, 3.8) is 0 Å². The normalized spacial score (nSPS) is 17.4. The van der Waals surface area contributed by atoms with Crippen molar-refractivity contribution < 1.29 is 9.84 Å². The van der Waals surface area contributed by atoms with E-state index >= 15 is 0 Å². The Morgan fingerprint density at radius 2 is 1.70 bits per heavy atom. The topological polar surface area (TPSA) is 35.9 Å². The van der Waals surface area contributed by atoms with Crippen LogP contribution in [0.3, 0.4) is 0 Å². The Morgan fingerprint density at radius 3 is 2.30 bits per heavy atom. The first-order valence-corrected chi connectivity index (χ1v) is 8.78. The zero-order valence-corrected chi connectivity index (χ0v) is 14.9. The lowest BCUT2D eigenvalue weighted by Gasteiger charge is -2.34. The first-order chi connectivity index (χ1) is 11.0. The van der Waals surface area contributed by atoms with Gasteiger partial charge < -0.3 is 14.7 Å². The van der Waals surface area contributed by atoms with Gasteiger partial charge in [-0.25, -0.2) is 0 Å². The number of benzene rings is 1. The van der Waals surface area contributed by atoms with Gasteiger partial charge in [0.15, 0.2) is 0 Å². The molecule has 0 aromatic heterocycles. The van der Waals surface area contributed by atoms with E-state index in [9.17, 15) is 0 Å². The summed E-state index contributed by atoms with van der Waals surface area (Å²) in [5.74, 6) is 0.977. The van der Waals surface area contributed by atoms with Crippen molar-refractivity contribution in [2.45, 2.75) is 32.6 Å². The fourth-order valence-electron chi connectivity index (χ4n) is 2.91. The van der Waals surface area contributed by atoms with E-state index in [1.807, 2.05) is 6.07 Å². The fraction of sp³-hybridized carbons (Fsp3) is 0.684. The molecular formula is C19H32N2O2. The fourth-order valence-corrected chi connectivity index (χ4v) is 2.91. The molecule has 0 bridgehead atoms. The van der Waals surface area contributed by atoms with Gasteiger partial charge >= 0.3 is 0 Å². The molecule has 4 heteroatoms. The molecule has 1 saturated heterocycles. The van der Waals surface area contributed by atoms with E-state index in [4.69, 9.17) is 9.84 Å². The van der Waals surface area contributed by atoms with Crippen LogP contribution in [0.15, 0.2) is 24.3 Å². The Kier molecular flexibility index (Phi) is 6.88. The molecule has 1 fully saturated rings. The molecule has 0 aliphatic carbocycles. The lowest BCUT2D eigenvalue weighted by molar-refractivity contribution is 0.108. The summed E-state index contributed by atoms with van der Waals surface area (Å²) in [5, 5.41) is 8.96. The van der Waals surface area contributed by atoms with Crippen molar-refractivity contribution in [3.8, 4) is 5.75 Å². The molecule has 130 valence electrons. The van der Waals surface area contributed by atoms with Crippen LogP contribution < -0.4 is 4.74 Å². The lowest BCUT2D eigenvalue weighted by atomic mass is 9.87. The number of hydrogen-bond donors (Lipinski definition) is 1. The quantitative estimate of drug-likeness (QED) is 0.783. The SMILES string of the molecule is CC(C)(C)c1cccc(OCCCN2CCN(CCO)CC2)c1.